The van der Waals surface area contributed by atoms with E-state index in [9.17, 15) is 22.0 Å². The number of aliphatic imine (C=N–C) groups is 1. The number of rotatable bonds is 6. The second kappa shape index (κ2) is 7.36. The van der Waals surface area contributed by atoms with Crippen LogP contribution in [0, 0.1) is 6.92 Å². The molecule has 0 N–H and O–H groups in total. The van der Waals surface area contributed by atoms with Gasteiger partial charge in [0, 0.05) is 24.0 Å². The summed E-state index contributed by atoms with van der Waals surface area (Å²) in [5.74, 6) is -0.974. The van der Waals surface area contributed by atoms with E-state index >= 15 is 0 Å². The fourth-order valence-electron chi connectivity index (χ4n) is 1.82. The molecular weight excluding hydrogens is 385 g/mol. The SMILES string of the molecule is C=N/C(=C\n1c(C)nnc1C(F)(F)Cl)c1ccc(OCC(F)(F)F)nc1. The minimum atomic E-state index is -4.50. The van der Waals surface area contributed by atoms with Crippen LogP contribution in [0.15, 0.2) is 23.3 Å². The minimum Gasteiger partial charge on any atom is -0.468 e. The molecule has 0 spiro atoms. The lowest BCUT2D eigenvalue weighted by molar-refractivity contribution is -0.154. The van der Waals surface area contributed by atoms with Crippen LogP contribution in [0.1, 0.15) is 17.2 Å². The lowest BCUT2D eigenvalue weighted by atomic mass is 10.2. The highest BCUT2D eigenvalue weighted by atomic mass is 35.5. The Morgan fingerprint density at radius 1 is 1.31 bits per heavy atom. The first-order chi connectivity index (χ1) is 12.0. The van der Waals surface area contributed by atoms with E-state index in [-0.39, 0.29) is 23.0 Å². The lowest BCUT2D eigenvalue weighted by Gasteiger charge is -2.10. The fourth-order valence-corrected chi connectivity index (χ4v) is 1.95. The smallest absolute Gasteiger partial charge is 0.422 e. The van der Waals surface area contributed by atoms with Gasteiger partial charge in [-0.3, -0.25) is 9.56 Å². The molecule has 140 valence electrons. The van der Waals surface area contributed by atoms with E-state index in [1.807, 2.05) is 0 Å². The van der Waals surface area contributed by atoms with Crippen molar-refractivity contribution < 1.29 is 26.7 Å². The Labute approximate surface area is 149 Å². The Morgan fingerprint density at radius 3 is 2.50 bits per heavy atom. The van der Waals surface area contributed by atoms with Crippen molar-refractivity contribution >= 4 is 30.2 Å². The zero-order valence-electron chi connectivity index (χ0n) is 13.1. The highest BCUT2D eigenvalue weighted by Crippen LogP contribution is 2.32. The molecule has 0 bridgehead atoms. The van der Waals surface area contributed by atoms with Gasteiger partial charge >= 0.3 is 11.6 Å². The Morgan fingerprint density at radius 2 is 2.00 bits per heavy atom. The van der Waals surface area contributed by atoms with E-state index in [4.69, 9.17) is 11.6 Å². The van der Waals surface area contributed by atoms with Crippen LogP contribution in [0.2, 0.25) is 0 Å². The number of hydrogen-bond acceptors (Lipinski definition) is 5. The maximum absolute atomic E-state index is 13.4. The number of hydrogen-bond donors (Lipinski definition) is 0. The Kier molecular flexibility index (Phi) is 5.59. The summed E-state index contributed by atoms with van der Waals surface area (Å²) in [7, 11) is 0. The summed E-state index contributed by atoms with van der Waals surface area (Å²) in [4.78, 5) is 7.41. The zero-order valence-corrected chi connectivity index (χ0v) is 13.9. The maximum Gasteiger partial charge on any atom is 0.422 e. The molecular formula is C14H11ClF5N5O. The quantitative estimate of drug-likeness (QED) is 0.423. The molecule has 0 aliphatic heterocycles. The van der Waals surface area contributed by atoms with Crippen LogP contribution in [0.25, 0.3) is 11.9 Å². The standard InChI is InChI=1S/C14H11ClF5N5O/c1-8-23-24-12(14(15,19)20)25(8)6-10(21-2)9-3-4-11(22-5-9)26-7-13(16,17)18/h3-6H,2,7H2,1H3/b10-6-. The third kappa shape index (κ3) is 4.97. The molecule has 0 saturated heterocycles. The third-order valence-electron chi connectivity index (χ3n) is 2.96. The average molecular weight is 396 g/mol. The first kappa shape index (κ1) is 19.8. The molecule has 0 unspecified atom stereocenters. The molecule has 0 fully saturated rings. The monoisotopic (exact) mass is 395 g/mol. The molecule has 0 aliphatic rings. The van der Waals surface area contributed by atoms with Gasteiger partial charge in [-0.2, -0.15) is 22.0 Å². The van der Waals surface area contributed by atoms with Crippen LogP contribution in [0.5, 0.6) is 5.88 Å². The number of alkyl halides is 6. The van der Waals surface area contributed by atoms with E-state index in [0.717, 1.165) is 17.0 Å². The summed E-state index contributed by atoms with van der Waals surface area (Å²) in [6, 6.07) is 2.52. The number of aromatic nitrogens is 4. The van der Waals surface area contributed by atoms with E-state index < -0.39 is 24.0 Å². The van der Waals surface area contributed by atoms with E-state index in [2.05, 4.69) is 31.6 Å². The van der Waals surface area contributed by atoms with Gasteiger partial charge in [0.25, 0.3) is 0 Å². The van der Waals surface area contributed by atoms with Gasteiger partial charge < -0.3 is 4.74 Å². The molecule has 0 aromatic carbocycles. The molecule has 2 aromatic heterocycles. The van der Waals surface area contributed by atoms with Crippen LogP contribution in [0.4, 0.5) is 22.0 Å². The van der Waals surface area contributed by atoms with Crippen molar-refractivity contribution in [3.05, 3.63) is 35.5 Å². The highest BCUT2D eigenvalue weighted by molar-refractivity contribution is 6.21. The predicted octanol–water partition coefficient (Wildman–Crippen LogP) is 3.87. The molecule has 0 atom stereocenters. The molecule has 0 aliphatic carbocycles. The minimum absolute atomic E-state index is 0.0879. The van der Waals surface area contributed by atoms with E-state index in [1.165, 1.54) is 19.1 Å². The summed E-state index contributed by atoms with van der Waals surface area (Å²) >= 11 is 4.99. The van der Waals surface area contributed by atoms with Crippen molar-refractivity contribution in [3.63, 3.8) is 0 Å². The second-order valence-corrected chi connectivity index (χ2v) is 5.37. The summed E-state index contributed by atoms with van der Waals surface area (Å²) in [6.07, 6.45) is -2.19. The molecule has 2 aromatic rings. The molecule has 6 nitrogen and oxygen atoms in total. The Hall–Kier alpha value is -2.56. The third-order valence-corrected chi connectivity index (χ3v) is 3.13. The van der Waals surface area contributed by atoms with Gasteiger partial charge in [-0.25, -0.2) is 4.98 Å². The van der Waals surface area contributed by atoms with Crippen molar-refractivity contribution in [2.24, 2.45) is 4.99 Å². The summed E-state index contributed by atoms with van der Waals surface area (Å²) in [6.45, 7) is 3.26. The number of ether oxygens (including phenoxy) is 1. The number of pyridine rings is 1. The van der Waals surface area contributed by atoms with Gasteiger partial charge in [-0.15, -0.1) is 10.2 Å². The maximum atomic E-state index is 13.4. The molecule has 2 rings (SSSR count). The Balaban J connectivity index is 2.31. The van der Waals surface area contributed by atoms with Crippen LogP contribution < -0.4 is 4.74 Å². The molecule has 12 heteroatoms. The first-order valence-corrected chi connectivity index (χ1v) is 7.22. The fraction of sp³-hybridized carbons (Fsp3) is 0.286. The normalized spacial score (nSPS) is 13.0. The van der Waals surface area contributed by atoms with Crippen molar-refractivity contribution in [1.82, 2.24) is 19.7 Å². The van der Waals surface area contributed by atoms with E-state index in [1.54, 1.807) is 0 Å². The van der Waals surface area contributed by atoms with Gasteiger partial charge in [0.05, 0.1) is 5.70 Å². The van der Waals surface area contributed by atoms with Crippen molar-refractivity contribution in [1.29, 1.82) is 0 Å². The number of aryl methyl sites for hydroxylation is 1. The number of nitrogens with zero attached hydrogens (tertiary/aromatic N) is 5. The van der Waals surface area contributed by atoms with E-state index in [0.29, 0.717) is 0 Å². The van der Waals surface area contributed by atoms with Crippen molar-refractivity contribution in [2.75, 3.05) is 6.61 Å². The van der Waals surface area contributed by atoms with Gasteiger partial charge in [0.1, 0.15) is 5.82 Å². The van der Waals surface area contributed by atoms with Gasteiger partial charge in [0.15, 0.2) is 6.61 Å². The van der Waals surface area contributed by atoms with Gasteiger partial charge in [-0.05, 0) is 31.3 Å². The lowest BCUT2D eigenvalue weighted by Crippen LogP contribution is -2.19. The predicted molar refractivity (Wildman–Crippen MR) is 84.0 cm³/mol. The molecule has 0 amide bonds. The first-order valence-electron chi connectivity index (χ1n) is 6.84. The highest BCUT2D eigenvalue weighted by Gasteiger charge is 2.35. The van der Waals surface area contributed by atoms with Crippen LogP contribution >= 0.6 is 11.6 Å². The number of halogens is 6. The van der Waals surface area contributed by atoms with Crippen molar-refractivity contribution in [2.45, 2.75) is 18.5 Å². The zero-order chi connectivity index (χ0) is 19.5. The molecule has 26 heavy (non-hydrogen) atoms. The largest absolute Gasteiger partial charge is 0.468 e. The van der Waals surface area contributed by atoms with Gasteiger partial charge in [0.2, 0.25) is 11.7 Å². The van der Waals surface area contributed by atoms with Crippen LogP contribution in [-0.2, 0) is 5.38 Å². The molecule has 0 radical (unpaired) electrons. The average Bonchev–Trinajstić information content (AvgIpc) is 2.91. The summed E-state index contributed by atoms with van der Waals surface area (Å²) in [5, 5.41) is 3.07. The second-order valence-electron chi connectivity index (χ2n) is 4.90. The van der Waals surface area contributed by atoms with Crippen molar-refractivity contribution in [3.8, 4) is 5.88 Å². The Bertz CT molecular complexity index is 811. The van der Waals surface area contributed by atoms with Gasteiger partial charge in [-0.1, -0.05) is 0 Å². The summed E-state index contributed by atoms with van der Waals surface area (Å²) in [5.41, 5.74) is 0.376. The van der Waals surface area contributed by atoms with Crippen LogP contribution in [-0.4, -0.2) is 39.2 Å². The van der Waals surface area contributed by atoms with Crippen LogP contribution in [0.3, 0.4) is 0 Å². The summed E-state index contributed by atoms with van der Waals surface area (Å²) < 4.78 is 68.5. The topological polar surface area (TPSA) is 65.2 Å². The molecule has 2 heterocycles. The molecule has 0 saturated carbocycles.